The highest BCUT2D eigenvalue weighted by molar-refractivity contribution is 5.91. The van der Waals surface area contributed by atoms with E-state index in [1.54, 1.807) is 13.0 Å². The SMILES string of the molecule is CCN(CC)CC(=O)N1CCCC(CCC(=O)Nc2ccc(F)cc2C)C1. The lowest BCUT2D eigenvalue weighted by Crippen LogP contribution is -2.45. The molecule has 5 nitrogen and oxygen atoms in total. The number of hydrogen-bond donors (Lipinski definition) is 1. The summed E-state index contributed by atoms with van der Waals surface area (Å²) in [5.74, 6) is 0.188. The van der Waals surface area contributed by atoms with E-state index < -0.39 is 0 Å². The Kier molecular flexibility index (Phi) is 8.23. The Balaban J connectivity index is 1.79. The van der Waals surface area contributed by atoms with Gasteiger partial charge in [-0.3, -0.25) is 14.5 Å². The minimum atomic E-state index is -0.304. The van der Waals surface area contributed by atoms with Crippen molar-refractivity contribution < 1.29 is 14.0 Å². The molecule has 0 saturated carbocycles. The molecule has 0 aliphatic carbocycles. The van der Waals surface area contributed by atoms with E-state index in [9.17, 15) is 14.0 Å². The second kappa shape index (κ2) is 10.4. The molecular formula is C21H32FN3O2. The number of aryl methyl sites for hydroxylation is 1. The quantitative estimate of drug-likeness (QED) is 0.755. The van der Waals surface area contributed by atoms with Crippen LogP contribution >= 0.6 is 0 Å². The van der Waals surface area contributed by atoms with Crippen molar-refractivity contribution in [3.05, 3.63) is 29.6 Å². The Labute approximate surface area is 161 Å². The zero-order chi connectivity index (χ0) is 19.8. The topological polar surface area (TPSA) is 52.7 Å². The fourth-order valence-electron chi connectivity index (χ4n) is 3.58. The molecular weight excluding hydrogens is 345 g/mol. The number of anilines is 1. The maximum atomic E-state index is 13.2. The normalized spacial score (nSPS) is 17.2. The average molecular weight is 378 g/mol. The largest absolute Gasteiger partial charge is 0.341 e. The number of piperidine rings is 1. The smallest absolute Gasteiger partial charge is 0.236 e. The van der Waals surface area contributed by atoms with E-state index >= 15 is 0 Å². The second-order valence-corrected chi connectivity index (χ2v) is 7.36. The molecule has 1 saturated heterocycles. The van der Waals surface area contributed by atoms with Gasteiger partial charge in [-0.25, -0.2) is 4.39 Å². The molecule has 2 rings (SSSR count). The van der Waals surface area contributed by atoms with E-state index in [2.05, 4.69) is 24.1 Å². The third-order valence-corrected chi connectivity index (χ3v) is 5.37. The van der Waals surface area contributed by atoms with Crippen molar-refractivity contribution in [2.75, 3.05) is 38.0 Å². The van der Waals surface area contributed by atoms with Crippen LogP contribution in [0.15, 0.2) is 18.2 Å². The van der Waals surface area contributed by atoms with E-state index in [0.717, 1.165) is 45.4 Å². The molecule has 1 heterocycles. The maximum Gasteiger partial charge on any atom is 0.236 e. The molecule has 0 spiro atoms. The summed E-state index contributed by atoms with van der Waals surface area (Å²) in [6.07, 6.45) is 3.23. The Morgan fingerprint density at radius 3 is 2.70 bits per heavy atom. The monoisotopic (exact) mass is 377 g/mol. The summed E-state index contributed by atoms with van der Waals surface area (Å²) < 4.78 is 13.2. The van der Waals surface area contributed by atoms with E-state index in [0.29, 0.717) is 30.1 Å². The zero-order valence-electron chi connectivity index (χ0n) is 16.8. The summed E-state index contributed by atoms with van der Waals surface area (Å²) in [5, 5.41) is 2.86. The minimum Gasteiger partial charge on any atom is -0.341 e. The maximum absolute atomic E-state index is 13.2. The zero-order valence-corrected chi connectivity index (χ0v) is 16.8. The van der Waals surface area contributed by atoms with Crippen LogP contribution in [0.25, 0.3) is 0 Å². The van der Waals surface area contributed by atoms with Crippen LogP contribution in [-0.2, 0) is 9.59 Å². The molecule has 1 atom stereocenters. The van der Waals surface area contributed by atoms with Crippen molar-refractivity contribution in [3.63, 3.8) is 0 Å². The highest BCUT2D eigenvalue weighted by Gasteiger charge is 2.24. The van der Waals surface area contributed by atoms with Gasteiger partial charge >= 0.3 is 0 Å². The molecule has 27 heavy (non-hydrogen) atoms. The molecule has 1 aliphatic heterocycles. The molecule has 1 unspecified atom stereocenters. The summed E-state index contributed by atoms with van der Waals surface area (Å²) in [4.78, 5) is 28.8. The number of benzene rings is 1. The van der Waals surface area contributed by atoms with Gasteiger partial charge in [-0.2, -0.15) is 0 Å². The summed E-state index contributed by atoms with van der Waals surface area (Å²) >= 11 is 0. The van der Waals surface area contributed by atoms with E-state index in [1.807, 2.05) is 4.90 Å². The number of likely N-dealkylation sites (tertiary alicyclic amines) is 1. The van der Waals surface area contributed by atoms with E-state index in [4.69, 9.17) is 0 Å². The Bertz CT molecular complexity index is 646. The van der Waals surface area contributed by atoms with Crippen molar-refractivity contribution in [1.82, 2.24) is 9.80 Å². The number of rotatable bonds is 8. The highest BCUT2D eigenvalue weighted by atomic mass is 19.1. The van der Waals surface area contributed by atoms with Gasteiger partial charge in [-0.1, -0.05) is 13.8 Å². The van der Waals surface area contributed by atoms with Gasteiger partial charge in [0.15, 0.2) is 0 Å². The van der Waals surface area contributed by atoms with Gasteiger partial charge in [0.2, 0.25) is 11.8 Å². The Morgan fingerprint density at radius 2 is 2.04 bits per heavy atom. The van der Waals surface area contributed by atoms with Gasteiger partial charge < -0.3 is 10.2 Å². The Morgan fingerprint density at radius 1 is 1.30 bits per heavy atom. The van der Waals surface area contributed by atoms with Gasteiger partial charge in [-0.05, 0) is 69.0 Å². The fourth-order valence-corrected chi connectivity index (χ4v) is 3.58. The summed E-state index contributed by atoms with van der Waals surface area (Å²) in [6, 6.07) is 4.36. The van der Waals surface area contributed by atoms with E-state index in [-0.39, 0.29) is 17.6 Å². The van der Waals surface area contributed by atoms with Crippen LogP contribution in [0.3, 0.4) is 0 Å². The molecule has 6 heteroatoms. The van der Waals surface area contributed by atoms with Gasteiger partial charge in [-0.15, -0.1) is 0 Å². The molecule has 1 aromatic carbocycles. The number of halogens is 1. The fraction of sp³-hybridized carbons (Fsp3) is 0.619. The third-order valence-electron chi connectivity index (χ3n) is 5.37. The number of nitrogens with zero attached hydrogens (tertiary/aromatic N) is 2. The highest BCUT2D eigenvalue weighted by Crippen LogP contribution is 2.22. The van der Waals surface area contributed by atoms with Gasteiger partial charge in [0.25, 0.3) is 0 Å². The molecule has 2 amide bonds. The summed E-state index contributed by atoms with van der Waals surface area (Å²) in [7, 11) is 0. The predicted octanol–water partition coefficient (Wildman–Crippen LogP) is 3.43. The lowest BCUT2D eigenvalue weighted by molar-refractivity contribution is -0.134. The average Bonchev–Trinajstić information content (AvgIpc) is 2.66. The molecule has 1 N–H and O–H groups in total. The number of carbonyl (C=O) groups excluding carboxylic acids is 2. The molecule has 150 valence electrons. The summed E-state index contributed by atoms with van der Waals surface area (Å²) in [6.45, 7) is 9.70. The number of likely N-dealkylation sites (N-methyl/N-ethyl adjacent to an activating group) is 1. The lowest BCUT2D eigenvalue weighted by Gasteiger charge is -2.34. The minimum absolute atomic E-state index is 0.0590. The van der Waals surface area contributed by atoms with Crippen molar-refractivity contribution in [2.45, 2.75) is 46.5 Å². The second-order valence-electron chi connectivity index (χ2n) is 7.36. The predicted molar refractivity (Wildman–Crippen MR) is 106 cm³/mol. The van der Waals surface area contributed by atoms with Gasteiger partial charge in [0, 0.05) is 25.2 Å². The van der Waals surface area contributed by atoms with Crippen molar-refractivity contribution in [3.8, 4) is 0 Å². The van der Waals surface area contributed by atoms with Crippen LogP contribution in [0.1, 0.15) is 45.1 Å². The molecule has 0 aromatic heterocycles. The first-order valence-electron chi connectivity index (χ1n) is 9.99. The lowest BCUT2D eigenvalue weighted by atomic mass is 9.93. The summed E-state index contributed by atoms with van der Waals surface area (Å²) in [5.41, 5.74) is 1.37. The molecule has 0 radical (unpaired) electrons. The van der Waals surface area contributed by atoms with Gasteiger partial charge in [0.1, 0.15) is 5.82 Å². The molecule has 1 aromatic rings. The Hall–Kier alpha value is -1.95. The number of hydrogen-bond acceptors (Lipinski definition) is 3. The number of amides is 2. The van der Waals surface area contributed by atoms with Crippen LogP contribution in [-0.4, -0.2) is 54.3 Å². The van der Waals surface area contributed by atoms with Crippen LogP contribution < -0.4 is 5.32 Å². The van der Waals surface area contributed by atoms with Crippen LogP contribution in [0, 0.1) is 18.7 Å². The standard InChI is InChI=1S/C21H32FN3O2/c1-4-24(5-2)15-21(27)25-12-6-7-17(14-25)8-11-20(26)23-19-10-9-18(22)13-16(19)3/h9-10,13,17H,4-8,11-12,14-15H2,1-3H3,(H,23,26). The first-order valence-corrected chi connectivity index (χ1v) is 9.99. The number of nitrogens with one attached hydrogen (secondary N) is 1. The van der Waals surface area contributed by atoms with Crippen molar-refractivity contribution in [2.24, 2.45) is 5.92 Å². The number of carbonyl (C=O) groups is 2. The van der Waals surface area contributed by atoms with Crippen LogP contribution in [0.4, 0.5) is 10.1 Å². The molecule has 0 bridgehead atoms. The van der Waals surface area contributed by atoms with Crippen LogP contribution in [0.2, 0.25) is 0 Å². The van der Waals surface area contributed by atoms with Crippen molar-refractivity contribution in [1.29, 1.82) is 0 Å². The van der Waals surface area contributed by atoms with E-state index in [1.165, 1.54) is 12.1 Å². The third kappa shape index (κ3) is 6.61. The van der Waals surface area contributed by atoms with Crippen LogP contribution in [0.5, 0.6) is 0 Å². The molecule has 1 aliphatic rings. The molecule has 1 fully saturated rings. The van der Waals surface area contributed by atoms with Gasteiger partial charge in [0.05, 0.1) is 6.54 Å². The van der Waals surface area contributed by atoms with Crippen molar-refractivity contribution >= 4 is 17.5 Å². The first-order chi connectivity index (χ1) is 12.9. The first kappa shape index (κ1) is 21.4.